The van der Waals surface area contributed by atoms with E-state index in [9.17, 15) is 19.8 Å². The van der Waals surface area contributed by atoms with Gasteiger partial charge in [0.25, 0.3) is 0 Å². The summed E-state index contributed by atoms with van der Waals surface area (Å²) < 4.78 is 5.18. The van der Waals surface area contributed by atoms with Gasteiger partial charge in [-0.15, -0.1) is 11.8 Å². The maximum absolute atomic E-state index is 11.5. The maximum Gasteiger partial charge on any atom is 1.00 e. The Hall–Kier alpha value is -1.88. The number of aromatic nitrogens is 1. The average molecular weight is 594 g/mol. The summed E-state index contributed by atoms with van der Waals surface area (Å²) in [6.45, 7) is 0. The van der Waals surface area contributed by atoms with E-state index >= 15 is 0 Å². The molecule has 0 radical (unpaired) electrons. The van der Waals surface area contributed by atoms with Gasteiger partial charge in [-0.25, -0.2) is 9.78 Å². The number of ether oxygens (including phenoxy) is 1. The van der Waals surface area contributed by atoms with Gasteiger partial charge in [0.15, 0.2) is 0 Å². The number of rotatable bonds is 13. The molecule has 2 atom stereocenters. The number of carboxylic acids is 2. The molecule has 3 aromatic carbocycles. The Morgan fingerprint density at radius 3 is 2.20 bits per heavy atom. The summed E-state index contributed by atoms with van der Waals surface area (Å²) in [6, 6.07) is 25.6. The van der Waals surface area contributed by atoms with Crippen LogP contribution in [0.1, 0.15) is 54.4 Å². The first kappa shape index (κ1) is 35.3. The molecular weight excluding hydrogens is 560 g/mol. The van der Waals surface area contributed by atoms with Crippen molar-refractivity contribution in [3.63, 3.8) is 0 Å². The molecule has 0 saturated heterocycles. The average Bonchev–Trinajstić information content (AvgIpc) is 2.94. The SMILES string of the molecule is COc1nc2cc(SC(c3ccc(CCc4ccccc4)cc3)C(O)CCCC(=O)O)ccc2cc1C(=O)O.[H-].[H-].[Na+].[Na+]. The number of carbonyl (C=O) groups is 2. The van der Waals surface area contributed by atoms with Gasteiger partial charge in [0.05, 0.1) is 24.0 Å². The van der Waals surface area contributed by atoms with Crippen molar-refractivity contribution in [3.05, 3.63) is 101 Å². The third kappa shape index (κ3) is 10.1. The molecule has 0 saturated carbocycles. The fourth-order valence-corrected chi connectivity index (χ4v) is 5.65. The van der Waals surface area contributed by atoms with Crippen LogP contribution in [-0.2, 0) is 17.6 Å². The molecule has 4 aromatic rings. The Morgan fingerprint density at radius 1 is 0.927 bits per heavy atom. The number of hydrogen-bond acceptors (Lipinski definition) is 6. The summed E-state index contributed by atoms with van der Waals surface area (Å²) in [6.07, 6.45) is 1.79. The predicted molar refractivity (Wildman–Crippen MR) is 154 cm³/mol. The summed E-state index contributed by atoms with van der Waals surface area (Å²) in [7, 11) is 1.38. The normalized spacial score (nSPS) is 12.0. The van der Waals surface area contributed by atoms with Crippen molar-refractivity contribution in [2.45, 2.75) is 48.4 Å². The number of thioether (sulfide) groups is 1. The number of nitrogens with zero attached hydrogens (tertiary/aromatic N) is 1. The molecule has 0 aliphatic heterocycles. The number of pyridine rings is 1. The van der Waals surface area contributed by atoms with E-state index in [0.717, 1.165) is 23.3 Å². The Labute approximate surface area is 291 Å². The summed E-state index contributed by atoms with van der Waals surface area (Å²) in [5, 5.41) is 29.9. The minimum Gasteiger partial charge on any atom is -1.00 e. The zero-order valence-corrected chi connectivity index (χ0v) is 28.4. The summed E-state index contributed by atoms with van der Waals surface area (Å²) >= 11 is 1.47. The zero-order valence-electron chi connectivity index (χ0n) is 25.6. The maximum atomic E-state index is 11.5. The van der Waals surface area contributed by atoms with E-state index in [1.165, 1.54) is 36.1 Å². The van der Waals surface area contributed by atoms with E-state index in [1.54, 1.807) is 6.07 Å². The summed E-state index contributed by atoms with van der Waals surface area (Å²) in [5.41, 5.74) is 3.99. The van der Waals surface area contributed by atoms with Gasteiger partial charge in [0, 0.05) is 16.7 Å². The topological polar surface area (TPSA) is 117 Å². The van der Waals surface area contributed by atoms with Crippen LogP contribution in [0.2, 0.25) is 0 Å². The van der Waals surface area contributed by atoms with Gasteiger partial charge >= 0.3 is 71.1 Å². The number of fused-ring (bicyclic) bond motifs is 1. The zero-order chi connectivity index (χ0) is 27.8. The molecule has 0 bridgehead atoms. The van der Waals surface area contributed by atoms with Crippen LogP contribution in [0, 0.1) is 0 Å². The van der Waals surface area contributed by atoms with Crippen molar-refractivity contribution in [2.24, 2.45) is 0 Å². The van der Waals surface area contributed by atoms with Crippen LogP contribution in [0.4, 0.5) is 0 Å². The van der Waals surface area contributed by atoms with Crippen LogP contribution in [-0.4, -0.2) is 45.5 Å². The van der Waals surface area contributed by atoms with Crippen LogP contribution >= 0.6 is 11.8 Å². The van der Waals surface area contributed by atoms with Gasteiger partial charge in [-0.2, -0.15) is 0 Å². The van der Waals surface area contributed by atoms with Gasteiger partial charge in [-0.3, -0.25) is 4.79 Å². The monoisotopic (exact) mass is 593 g/mol. The molecule has 0 fully saturated rings. The number of aliphatic carboxylic acids is 1. The molecule has 0 aliphatic carbocycles. The molecule has 0 aliphatic rings. The van der Waals surface area contributed by atoms with Crippen LogP contribution in [0.25, 0.3) is 10.9 Å². The molecule has 206 valence electrons. The fourth-order valence-electron chi connectivity index (χ4n) is 4.45. The van der Waals surface area contributed by atoms with Crippen LogP contribution in [0.3, 0.4) is 0 Å². The Kier molecular flexibility index (Phi) is 14.9. The molecule has 41 heavy (non-hydrogen) atoms. The minimum absolute atomic E-state index is 0. The van der Waals surface area contributed by atoms with Gasteiger partial charge in [0.1, 0.15) is 5.56 Å². The van der Waals surface area contributed by atoms with Gasteiger partial charge in [0.2, 0.25) is 5.88 Å². The molecule has 2 unspecified atom stereocenters. The Balaban J connectivity index is 0.00000441. The van der Waals surface area contributed by atoms with E-state index in [2.05, 4.69) is 29.2 Å². The predicted octanol–water partition coefficient (Wildman–Crippen LogP) is 0.409. The van der Waals surface area contributed by atoms with Crippen molar-refractivity contribution in [1.82, 2.24) is 4.98 Å². The van der Waals surface area contributed by atoms with Gasteiger partial charge in [-0.05, 0) is 60.6 Å². The first-order valence-electron chi connectivity index (χ1n) is 12.8. The standard InChI is InChI=1S/C31H31NO6S.2Na.2H/c1-38-30-25(31(36)37)18-23-16-17-24(19-26(23)32-30)39-29(27(33)8-5-9-28(34)35)22-14-12-21(13-15-22)11-10-20-6-3-2-4-7-20;;;;/h2-4,6-7,12-19,27,29,33H,5,8-11H2,1H3,(H,34,35)(H,36,37);;;;/q;2*+1;2*-1. The second kappa shape index (κ2) is 17.3. The first-order valence-corrected chi connectivity index (χ1v) is 13.6. The second-order valence-electron chi connectivity index (χ2n) is 9.32. The molecule has 1 aromatic heterocycles. The largest absolute Gasteiger partial charge is 1.00 e. The van der Waals surface area contributed by atoms with E-state index in [0.29, 0.717) is 23.7 Å². The van der Waals surface area contributed by atoms with Crippen LogP contribution < -0.4 is 63.9 Å². The van der Waals surface area contributed by atoms with Crippen molar-refractivity contribution >= 4 is 34.6 Å². The Bertz CT molecular complexity index is 1450. The number of hydrogen-bond donors (Lipinski definition) is 3. The van der Waals surface area contributed by atoms with Crippen LogP contribution in [0.5, 0.6) is 5.88 Å². The molecule has 1 heterocycles. The smallest absolute Gasteiger partial charge is 1.00 e. The second-order valence-corrected chi connectivity index (χ2v) is 10.5. The van der Waals surface area contributed by atoms with Crippen LogP contribution in [0.15, 0.2) is 83.8 Å². The molecule has 0 spiro atoms. The van der Waals surface area contributed by atoms with Gasteiger partial charge in [-0.1, -0.05) is 60.7 Å². The van der Waals surface area contributed by atoms with Crippen molar-refractivity contribution < 1.29 is 91.6 Å². The quantitative estimate of drug-likeness (QED) is 0.151. The number of aromatic carboxylic acids is 1. The minimum atomic E-state index is -1.11. The van der Waals surface area contributed by atoms with E-state index < -0.39 is 18.0 Å². The third-order valence-electron chi connectivity index (χ3n) is 6.53. The number of benzene rings is 3. The van der Waals surface area contributed by atoms with Crippen molar-refractivity contribution in [2.75, 3.05) is 7.11 Å². The number of aliphatic hydroxyl groups excluding tert-OH is 1. The third-order valence-corrected chi connectivity index (χ3v) is 7.90. The summed E-state index contributed by atoms with van der Waals surface area (Å²) in [4.78, 5) is 27.8. The molecule has 0 amide bonds. The fraction of sp³-hybridized carbons (Fsp3) is 0.258. The number of aliphatic hydroxyl groups is 1. The van der Waals surface area contributed by atoms with Crippen molar-refractivity contribution in [3.8, 4) is 5.88 Å². The van der Waals surface area contributed by atoms with E-state index in [4.69, 9.17) is 9.84 Å². The van der Waals surface area contributed by atoms with Gasteiger partial charge < -0.3 is 22.9 Å². The molecule has 7 nitrogen and oxygen atoms in total. The van der Waals surface area contributed by atoms with Crippen molar-refractivity contribution in [1.29, 1.82) is 0 Å². The van der Waals surface area contributed by atoms with E-state index in [1.807, 2.05) is 42.5 Å². The van der Waals surface area contributed by atoms with E-state index in [-0.39, 0.29) is 85.1 Å². The molecule has 10 heteroatoms. The number of methoxy groups -OCH3 is 1. The first-order chi connectivity index (χ1) is 18.8. The number of aryl methyl sites for hydroxylation is 2. The molecule has 3 N–H and O–H groups in total. The number of carboxylic acid groups (broad SMARTS) is 2. The Morgan fingerprint density at radius 2 is 1.59 bits per heavy atom. The molecule has 4 rings (SSSR count). The molecular formula is C31H33NNa2O6S. The summed E-state index contributed by atoms with van der Waals surface area (Å²) in [5.74, 6) is -1.96.